The van der Waals surface area contributed by atoms with Gasteiger partial charge in [-0.05, 0) is 61.1 Å². The summed E-state index contributed by atoms with van der Waals surface area (Å²) in [6, 6.07) is 20.7. The summed E-state index contributed by atoms with van der Waals surface area (Å²) >= 11 is 6.98. The maximum absolute atomic E-state index is 14.2. The second-order valence-electron chi connectivity index (χ2n) is 9.42. The molecule has 0 bridgehead atoms. The van der Waals surface area contributed by atoms with Crippen LogP contribution in [0.2, 0.25) is 5.02 Å². The normalized spacial score (nSPS) is 14.6. The number of thiophene rings is 1. The van der Waals surface area contributed by atoms with E-state index in [0.29, 0.717) is 10.4 Å². The van der Waals surface area contributed by atoms with Gasteiger partial charge in [0.05, 0.1) is 21.0 Å². The summed E-state index contributed by atoms with van der Waals surface area (Å²) in [5.41, 5.74) is 4.20. The number of rotatable bonds is 7. The van der Waals surface area contributed by atoms with Crippen molar-refractivity contribution in [1.82, 2.24) is 0 Å². The van der Waals surface area contributed by atoms with E-state index in [1.807, 2.05) is 48.5 Å². The molecule has 0 unspecified atom stereocenters. The number of hydrogen-bond donors (Lipinski definition) is 1. The molecule has 194 valence electrons. The number of Topliss-reactive ketones (excluding diaryl/α,β-unsaturated/α-hetero) is 1. The first-order chi connectivity index (χ1) is 18.2. The van der Waals surface area contributed by atoms with Crippen LogP contribution in [0.3, 0.4) is 0 Å². The summed E-state index contributed by atoms with van der Waals surface area (Å²) in [4.78, 5) is 25.1. The van der Waals surface area contributed by atoms with Crippen molar-refractivity contribution in [2.24, 2.45) is 0 Å². The van der Waals surface area contributed by atoms with Gasteiger partial charge in [0.1, 0.15) is 17.7 Å². The van der Waals surface area contributed by atoms with Crippen LogP contribution in [0, 0.1) is 10.9 Å². The van der Waals surface area contributed by atoms with Gasteiger partial charge >= 0.3 is 6.09 Å². The molecule has 1 aromatic heterocycles. The Balaban J connectivity index is 1.30. The molecule has 0 saturated heterocycles. The topological polar surface area (TPSA) is 55.4 Å². The van der Waals surface area contributed by atoms with Crippen LogP contribution in [0.5, 0.6) is 0 Å². The second kappa shape index (κ2) is 10.3. The number of amides is 1. The van der Waals surface area contributed by atoms with Crippen LogP contribution in [0.4, 0.5) is 19.3 Å². The Morgan fingerprint density at radius 2 is 1.55 bits per heavy atom. The van der Waals surface area contributed by atoms with Crippen molar-refractivity contribution in [3.8, 4) is 21.6 Å². The minimum Gasteiger partial charge on any atom is -0.441 e. The van der Waals surface area contributed by atoms with E-state index in [9.17, 15) is 18.4 Å². The van der Waals surface area contributed by atoms with Gasteiger partial charge in [0.25, 0.3) is 0 Å². The number of hydrogen-bond acceptors (Lipinski definition) is 4. The van der Waals surface area contributed by atoms with E-state index >= 15 is 0 Å². The molecule has 5 rings (SSSR count). The van der Waals surface area contributed by atoms with E-state index < -0.39 is 23.1 Å². The Bertz CT molecular complexity index is 1510. The van der Waals surface area contributed by atoms with Crippen LogP contribution in [0.25, 0.3) is 21.6 Å². The zero-order chi connectivity index (χ0) is 27.0. The summed E-state index contributed by atoms with van der Waals surface area (Å²) in [6.07, 6.45) is 0.270. The van der Waals surface area contributed by atoms with E-state index in [1.54, 1.807) is 13.8 Å². The lowest BCUT2D eigenvalue weighted by Crippen LogP contribution is -2.16. The van der Waals surface area contributed by atoms with E-state index in [-0.39, 0.29) is 21.9 Å². The highest BCUT2D eigenvalue weighted by atomic mass is 35.5. The summed E-state index contributed by atoms with van der Waals surface area (Å²) in [7, 11) is 0. The van der Waals surface area contributed by atoms with Crippen molar-refractivity contribution < 1.29 is 23.1 Å². The number of anilines is 1. The first kappa shape index (κ1) is 26.1. The van der Waals surface area contributed by atoms with E-state index in [4.69, 9.17) is 16.3 Å². The van der Waals surface area contributed by atoms with Crippen molar-refractivity contribution >= 4 is 40.5 Å². The monoisotopic (exact) mass is 551 g/mol. The zero-order valence-electron chi connectivity index (χ0n) is 20.7. The van der Waals surface area contributed by atoms with E-state index in [2.05, 4.69) is 5.32 Å². The number of halogens is 3. The SMILES string of the molecule is CC(=O)C1(c2ccc(-c3ccc(-c4sc(F)cc4NC(=O)O[C@H](C)c4ccc(F)cc4Cl)cc3)cc2)CC1. The largest absolute Gasteiger partial charge is 0.441 e. The Morgan fingerprint density at radius 3 is 2.13 bits per heavy atom. The number of nitrogens with one attached hydrogen (secondary N) is 1. The van der Waals surface area contributed by atoms with Crippen LogP contribution in [-0.2, 0) is 14.9 Å². The molecule has 1 N–H and O–H groups in total. The lowest BCUT2D eigenvalue weighted by atomic mass is 9.90. The highest BCUT2D eigenvalue weighted by Gasteiger charge is 2.48. The third kappa shape index (κ3) is 5.22. The Kier molecular flexibility index (Phi) is 7.07. The van der Waals surface area contributed by atoms with Gasteiger partial charge in [-0.2, -0.15) is 4.39 Å². The molecule has 38 heavy (non-hydrogen) atoms. The maximum atomic E-state index is 14.2. The average molecular weight is 552 g/mol. The van der Waals surface area contributed by atoms with Gasteiger partial charge in [0, 0.05) is 11.6 Å². The molecule has 1 heterocycles. The molecule has 1 amide bonds. The Labute approximate surface area is 228 Å². The van der Waals surface area contributed by atoms with Crippen LogP contribution < -0.4 is 5.32 Å². The summed E-state index contributed by atoms with van der Waals surface area (Å²) in [6.45, 7) is 3.27. The van der Waals surface area contributed by atoms with Crippen LogP contribution >= 0.6 is 22.9 Å². The predicted molar refractivity (Wildman–Crippen MR) is 147 cm³/mol. The first-order valence-electron chi connectivity index (χ1n) is 12.1. The summed E-state index contributed by atoms with van der Waals surface area (Å²) in [5, 5.41) is 2.30. The number of carbonyl (C=O) groups is 2. The molecule has 1 fully saturated rings. The molecule has 1 atom stereocenters. The lowest BCUT2D eigenvalue weighted by Gasteiger charge is -2.16. The molecule has 8 heteroatoms. The second-order valence-corrected chi connectivity index (χ2v) is 10.8. The van der Waals surface area contributed by atoms with E-state index in [1.165, 1.54) is 18.2 Å². The van der Waals surface area contributed by atoms with Crippen LogP contribution in [-0.4, -0.2) is 11.9 Å². The van der Waals surface area contributed by atoms with Crippen LogP contribution in [0.15, 0.2) is 72.8 Å². The molecular formula is C30H24ClF2NO3S. The minimum atomic E-state index is -0.785. The van der Waals surface area contributed by atoms with Gasteiger partial charge in [0.15, 0.2) is 5.13 Å². The lowest BCUT2D eigenvalue weighted by molar-refractivity contribution is -0.119. The molecule has 4 aromatic rings. The van der Waals surface area contributed by atoms with Gasteiger partial charge in [-0.15, -0.1) is 11.3 Å². The zero-order valence-corrected chi connectivity index (χ0v) is 22.3. The average Bonchev–Trinajstić information content (AvgIpc) is 3.62. The fourth-order valence-electron chi connectivity index (χ4n) is 4.63. The first-order valence-corrected chi connectivity index (χ1v) is 13.3. The van der Waals surface area contributed by atoms with E-state index in [0.717, 1.165) is 52.5 Å². The number of carbonyl (C=O) groups excluding carboxylic acids is 2. The molecule has 1 saturated carbocycles. The van der Waals surface area contributed by atoms with Crippen LogP contribution in [0.1, 0.15) is 43.9 Å². The molecule has 3 aromatic carbocycles. The highest BCUT2D eigenvalue weighted by Crippen LogP contribution is 2.49. The molecule has 1 aliphatic rings. The molecule has 1 aliphatic carbocycles. The number of benzene rings is 3. The van der Waals surface area contributed by atoms with Crippen molar-refractivity contribution in [2.45, 2.75) is 38.2 Å². The highest BCUT2D eigenvalue weighted by molar-refractivity contribution is 7.14. The maximum Gasteiger partial charge on any atom is 0.412 e. The standard InChI is InChI=1S/C30H24ClF2NO3S/c1-17(24-12-11-23(32)15-25(24)31)37-29(36)34-26-16-27(33)38-28(26)21-5-3-19(4-6-21)20-7-9-22(10-8-20)30(13-14-30)18(2)35/h3-12,15-17H,13-14H2,1-2H3,(H,34,36)/t17-/m1/s1. The smallest absolute Gasteiger partial charge is 0.412 e. The Hall–Kier alpha value is -3.55. The number of ether oxygens (including phenoxy) is 1. The van der Waals surface area contributed by atoms with Crippen molar-refractivity contribution in [2.75, 3.05) is 5.32 Å². The quantitative estimate of drug-likeness (QED) is 0.249. The van der Waals surface area contributed by atoms with Gasteiger partial charge in [-0.3, -0.25) is 10.1 Å². The third-order valence-corrected chi connectivity index (χ3v) is 8.26. The van der Waals surface area contributed by atoms with Crippen molar-refractivity contribution in [3.05, 3.63) is 99.9 Å². The third-order valence-electron chi connectivity index (χ3n) is 6.96. The molecular weight excluding hydrogens is 528 g/mol. The number of ketones is 1. The predicted octanol–water partition coefficient (Wildman–Crippen LogP) is 8.94. The fourth-order valence-corrected chi connectivity index (χ4v) is 5.79. The molecule has 4 nitrogen and oxygen atoms in total. The van der Waals surface area contributed by atoms with Gasteiger partial charge < -0.3 is 4.74 Å². The molecule has 0 aliphatic heterocycles. The fraction of sp³-hybridized carbons (Fsp3) is 0.200. The molecule has 0 radical (unpaired) electrons. The van der Waals surface area contributed by atoms with Gasteiger partial charge in [-0.1, -0.05) is 66.2 Å². The van der Waals surface area contributed by atoms with Crippen molar-refractivity contribution in [3.63, 3.8) is 0 Å². The van der Waals surface area contributed by atoms with Gasteiger partial charge in [0.2, 0.25) is 0 Å². The van der Waals surface area contributed by atoms with Crippen molar-refractivity contribution in [1.29, 1.82) is 0 Å². The summed E-state index contributed by atoms with van der Waals surface area (Å²) < 4.78 is 33.0. The van der Waals surface area contributed by atoms with Gasteiger partial charge in [-0.25, -0.2) is 9.18 Å². The summed E-state index contributed by atoms with van der Waals surface area (Å²) in [5.74, 6) is -0.281. The molecule has 0 spiro atoms. The minimum absolute atomic E-state index is 0.146. The Morgan fingerprint density at radius 1 is 0.947 bits per heavy atom.